The highest BCUT2D eigenvalue weighted by Crippen LogP contribution is 2.14. The number of ether oxygens (including phenoxy) is 2. The van der Waals surface area contributed by atoms with E-state index in [1.165, 1.54) is 31.2 Å². The zero-order valence-electron chi connectivity index (χ0n) is 19.9. The molecule has 3 aromatic rings. The maximum absolute atomic E-state index is 12.4. The summed E-state index contributed by atoms with van der Waals surface area (Å²) in [5.74, 6) is -2.43. The van der Waals surface area contributed by atoms with E-state index in [4.69, 9.17) is 9.47 Å². The highest BCUT2D eigenvalue weighted by atomic mass is 79.9. The summed E-state index contributed by atoms with van der Waals surface area (Å²) in [5.41, 5.74) is 1.48. The minimum atomic E-state index is -0.959. The van der Waals surface area contributed by atoms with Crippen LogP contribution in [0.15, 0.2) is 83.3 Å². The predicted molar refractivity (Wildman–Crippen MR) is 139 cm³/mol. The number of carbonyl (C=O) groups is 5. The van der Waals surface area contributed by atoms with Gasteiger partial charge in [-0.2, -0.15) is 0 Å². The Morgan fingerprint density at radius 2 is 1.41 bits per heavy atom. The number of halogens is 1. The minimum absolute atomic E-state index is 0.145. The third-order valence-electron chi connectivity index (χ3n) is 5.20. The molecule has 0 fully saturated rings. The number of amides is 1. The molecule has 0 radical (unpaired) electrons. The lowest BCUT2D eigenvalue weighted by atomic mass is 10.1. The van der Waals surface area contributed by atoms with Crippen LogP contribution in [-0.4, -0.2) is 42.1 Å². The lowest BCUT2D eigenvalue weighted by molar-refractivity contribution is -0.143. The van der Waals surface area contributed by atoms with Gasteiger partial charge in [-0.25, -0.2) is 4.79 Å². The highest BCUT2D eigenvalue weighted by molar-refractivity contribution is 9.10. The van der Waals surface area contributed by atoms with Crippen LogP contribution in [0.25, 0.3) is 0 Å². The summed E-state index contributed by atoms with van der Waals surface area (Å²) in [6.07, 6.45) is -1.30. The van der Waals surface area contributed by atoms with E-state index in [9.17, 15) is 24.0 Å². The molecule has 1 amide bonds. The summed E-state index contributed by atoms with van der Waals surface area (Å²) in [4.78, 5) is 60.9. The fourth-order valence-electron chi connectivity index (χ4n) is 3.19. The van der Waals surface area contributed by atoms with Crippen LogP contribution < -0.4 is 5.32 Å². The Balaban J connectivity index is 1.41. The smallest absolute Gasteiger partial charge is 0.338 e. The largest absolute Gasteiger partial charge is 0.457 e. The van der Waals surface area contributed by atoms with Crippen LogP contribution in [0.2, 0.25) is 0 Å². The van der Waals surface area contributed by atoms with Crippen LogP contribution in [0, 0.1) is 0 Å². The Kier molecular flexibility index (Phi) is 9.85. The standard InChI is InChI=1S/C28H24BrNO7/c1-18(27(34)20-5-3-2-4-6-20)37-28(35)21-9-13-23(14-10-21)30-25(32)15-16-26(33)36-17-24(31)19-7-11-22(29)12-8-19/h2-14,18H,15-17H2,1H3,(H,30,32)/t18-/m0/s1. The van der Waals surface area contributed by atoms with Gasteiger partial charge in [0.25, 0.3) is 0 Å². The fourth-order valence-corrected chi connectivity index (χ4v) is 3.45. The zero-order valence-corrected chi connectivity index (χ0v) is 21.5. The first-order valence-corrected chi connectivity index (χ1v) is 12.2. The molecule has 0 saturated carbocycles. The van der Waals surface area contributed by atoms with E-state index in [2.05, 4.69) is 21.2 Å². The molecule has 0 aliphatic rings. The molecule has 1 N–H and O–H groups in total. The molecule has 0 saturated heterocycles. The van der Waals surface area contributed by atoms with Crippen molar-refractivity contribution in [1.82, 2.24) is 0 Å². The van der Waals surface area contributed by atoms with Gasteiger partial charge >= 0.3 is 11.9 Å². The molecule has 190 valence electrons. The van der Waals surface area contributed by atoms with Crippen molar-refractivity contribution in [1.29, 1.82) is 0 Å². The van der Waals surface area contributed by atoms with Gasteiger partial charge in [0.1, 0.15) is 0 Å². The third kappa shape index (κ3) is 8.50. The van der Waals surface area contributed by atoms with Crippen molar-refractivity contribution in [3.05, 3.63) is 100 Å². The Morgan fingerprint density at radius 3 is 2.05 bits per heavy atom. The normalized spacial score (nSPS) is 11.2. The van der Waals surface area contributed by atoms with E-state index in [-0.39, 0.29) is 30.0 Å². The average molecular weight is 566 g/mol. The number of rotatable bonds is 11. The van der Waals surface area contributed by atoms with Gasteiger partial charge in [0.05, 0.1) is 12.0 Å². The molecule has 0 spiro atoms. The maximum Gasteiger partial charge on any atom is 0.338 e. The number of carbonyl (C=O) groups excluding carboxylic acids is 5. The molecule has 37 heavy (non-hydrogen) atoms. The van der Waals surface area contributed by atoms with Crippen molar-refractivity contribution in [3.8, 4) is 0 Å². The van der Waals surface area contributed by atoms with Crippen LogP contribution in [0.5, 0.6) is 0 Å². The predicted octanol–water partition coefficient (Wildman–Crippen LogP) is 5.02. The molecular formula is C28H24BrNO7. The van der Waals surface area contributed by atoms with Gasteiger partial charge in [0.2, 0.25) is 11.7 Å². The van der Waals surface area contributed by atoms with Gasteiger partial charge in [-0.15, -0.1) is 0 Å². The van der Waals surface area contributed by atoms with Crippen molar-refractivity contribution in [2.24, 2.45) is 0 Å². The highest BCUT2D eigenvalue weighted by Gasteiger charge is 2.20. The second-order valence-corrected chi connectivity index (χ2v) is 8.91. The fraction of sp³-hybridized carbons (Fsp3) is 0.179. The van der Waals surface area contributed by atoms with Crippen LogP contribution in [0.4, 0.5) is 5.69 Å². The number of Topliss-reactive ketones (excluding diaryl/α,β-unsaturated/α-hetero) is 2. The first-order chi connectivity index (χ1) is 17.7. The van der Waals surface area contributed by atoms with E-state index in [0.29, 0.717) is 16.8 Å². The molecule has 0 heterocycles. The van der Waals surface area contributed by atoms with Gasteiger partial charge in [-0.05, 0) is 43.3 Å². The number of benzene rings is 3. The Morgan fingerprint density at radius 1 is 0.784 bits per heavy atom. The van der Waals surface area contributed by atoms with Crippen molar-refractivity contribution in [2.45, 2.75) is 25.9 Å². The number of anilines is 1. The number of hydrogen-bond acceptors (Lipinski definition) is 7. The van der Waals surface area contributed by atoms with E-state index >= 15 is 0 Å². The zero-order chi connectivity index (χ0) is 26.8. The monoisotopic (exact) mass is 565 g/mol. The molecule has 8 nitrogen and oxygen atoms in total. The summed E-state index contributed by atoms with van der Waals surface area (Å²) in [6.45, 7) is 1.10. The van der Waals surface area contributed by atoms with E-state index in [1.807, 2.05) is 0 Å². The van der Waals surface area contributed by atoms with Gasteiger partial charge in [-0.3, -0.25) is 19.2 Å². The maximum atomic E-state index is 12.4. The van der Waals surface area contributed by atoms with E-state index < -0.39 is 30.6 Å². The molecule has 0 bridgehead atoms. The summed E-state index contributed by atoms with van der Waals surface area (Å²) in [6, 6.07) is 21.1. The molecule has 3 aromatic carbocycles. The molecular weight excluding hydrogens is 542 g/mol. The molecule has 0 aliphatic carbocycles. The number of nitrogens with one attached hydrogen (secondary N) is 1. The summed E-state index contributed by atoms with van der Waals surface area (Å²) in [7, 11) is 0. The van der Waals surface area contributed by atoms with Crippen LogP contribution in [0.3, 0.4) is 0 Å². The first-order valence-electron chi connectivity index (χ1n) is 11.4. The molecule has 0 aliphatic heterocycles. The van der Waals surface area contributed by atoms with Crippen LogP contribution in [0.1, 0.15) is 50.8 Å². The minimum Gasteiger partial charge on any atom is -0.457 e. The van der Waals surface area contributed by atoms with Gasteiger partial charge in [0, 0.05) is 27.7 Å². The third-order valence-corrected chi connectivity index (χ3v) is 5.73. The quantitative estimate of drug-likeness (QED) is 0.256. The summed E-state index contributed by atoms with van der Waals surface area (Å²) >= 11 is 3.28. The lowest BCUT2D eigenvalue weighted by Gasteiger charge is -2.12. The molecule has 1 atom stereocenters. The van der Waals surface area contributed by atoms with Crippen LogP contribution >= 0.6 is 15.9 Å². The van der Waals surface area contributed by atoms with E-state index in [1.54, 1.807) is 54.6 Å². The average Bonchev–Trinajstić information content (AvgIpc) is 2.91. The SMILES string of the molecule is C[C@H](OC(=O)c1ccc(NC(=O)CCC(=O)OCC(=O)c2ccc(Br)cc2)cc1)C(=O)c1ccccc1. The van der Waals surface area contributed by atoms with Gasteiger partial charge in [0.15, 0.2) is 18.5 Å². The van der Waals surface area contributed by atoms with Gasteiger partial charge in [-0.1, -0.05) is 58.4 Å². The lowest BCUT2D eigenvalue weighted by Crippen LogP contribution is -2.24. The second kappa shape index (κ2) is 13.3. The number of hydrogen-bond donors (Lipinski definition) is 1. The molecule has 9 heteroatoms. The van der Waals surface area contributed by atoms with Crippen molar-refractivity contribution in [2.75, 3.05) is 11.9 Å². The van der Waals surface area contributed by atoms with Gasteiger partial charge < -0.3 is 14.8 Å². The van der Waals surface area contributed by atoms with Crippen molar-refractivity contribution < 1.29 is 33.4 Å². The topological polar surface area (TPSA) is 116 Å². The van der Waals surface area contributed by atoms with Crippen molar-refractivity contribution >= 4 is 51.0 Å². The molecule has 0 aromatic heterocycles. The summed E-state index contributed by atoms with van der Waals surface area (Å²) < 4.78 is 11.0. The Labute approximate surface area is 222 Å². The number of esters is 2. The van der Waals surface area contributed by atoms with Crippen LogP contribution in [-0.2, 0) is 19.1 Å². The second-order valence-electron chi connectivity index (χ2n) is 7.99. The molecule has 3 rings (SSSR count). The van der Waals surface area contributed by atoms with E-state index in [0.717, 1.165) is 4.47 Å². The molecule has 0 unspecified atom stereocenters. The van der Waals surface area contributed by atoms with Crippen molar-refractivity contribution in [3.63, 3.8) is 0 Å². The Bertz CT molecular complexity index is 1270. The first kappa shape index (κ1) is 27.5. The Hall–Kier alpha value is -4.11. The number of ketones is 2. The summed E-state index contributed by atoms with van der Waals surface area (Å²) in [5, 5.41) is 2.62.